The molecule has 37 heavy (non-hydrogen) atoms. The van der Waals surface area contributed by atoms with Gasteiger partial charge in [-0.15, -0.1) is 0 Å². The molecule has 2 aromatic rings. The first-order valence-electron chi connectivity index (χ1n) is 12.1. The summed E-state index contributed by atoms with van der Waals surface area (Å²) in [7, 11) is -7.69. The molecule has 208 valence electrons. The molecule has 1 atom stereocenters. The van der Waals surface area contributed by atoms with Crippen molar-refractivity contribution in [1.82, 2.24) is 10.1 Å². The number of nitrogens with zero attached hydrogens (tertiary/aromatic N) is 2. The van der Waals surface area contributed by atoms with E-state index in [1.807, 2.05) is 33.9 Å². The molecule has 0 bridgehead atoms. The third-order valence-corrected chi connectivity index (χ3v) is 8.11. The Kier molecular flexibility index (Phi) is 8.54. The van der Waals surface area contributed by atoms with Crippen LogP contribution in [0.15, 0.2) is 16.7 Å². The van der Waals surface area contributed by atoms with Gasteiger partial charge in [-0.2, -0.15) is 21.6 Å². The second-order valence-electron chi connectivity index (χ2n) is 10.6. The Balaban J connectivity index is 2.00. The van der Waals surface area contributed by atoms with E-state index in [1.54, 1.807) is 0 Å². The quantitative estimate of drug-likeness (QED) is 0.254. The molecule has 1 unspecified atom stereocenters. The molecule has 2 heterocycles. The summed E-state index contributed by atoms with van der Waals surface area (Å²) >= 11 is 0. The Morgan fingerprint density at radius 1 is 1.24 bits per heavy atom. The molecular weight excluding hydrogens is 533 g/mol. The molecule has 0 saturated carbocycles. The zero-order chi connectivity index (χ0) is 27.8. The highest BCUT2D eigenvalue weighted by atomic mass is 32.2. The van der Waals surface area contributed by atoms with E-state index in [2.05, 4.69) is 9.34 Å². The minimum absolute atomic E-state index is 0.0764. The summed E-state index contributed by atoms with van der Waals surface area (Å²) in [5, 5.41) is 13.8. The number of alkyl halides is 3. The first-order chi connectivity index (χ1) is 17.0. The second-order valence-corrected chi connectivity index (χ2v) is 14.6. The van der Waals surface area contributed by atoms with Crippen molar-refractivity contribution in [3.63, 3.8) is 0 Å². The van der Waals surface area contributed by atoms with Gasteiger partial charge in [-0.3, -0.25) is 0 Å². The monoisotopic (exact) mass is 566 g/mol. The van der Waals surface area contributed by atoms with Crippen LogP contribution in [0.4, 0.5) is 18.0 Å². The summed E-state index contributed by atoms with van der Waals surface area (Å²) in [6.07, 6.45) is 0.926. The van der Waals surface area contributed by atoms with Crippen molar-refractivity contribution in [1.29, 1.82) is 0 Å². The first-order valence-corrected chi connectivity index (χ1v) is 16.3. The van der Waals surface area contributed by atoms with Gasteiger partial charge in [0.1, 0.15) is 0 Å². The van der Waals surface area contributed by atoms with Gasteiger partial charge in [0.2, 0.25) is 0 Å². The number of aryl methyl sites for hydroxylation is 1. The van der Waals surface area contributed by atoms with Gasteiger partial charge >= 0.3 is 21.7 Å². The standard InChI is InChI=1S/C23H33F3N2O7SSi/c1-22(2,3)20(35-37(4)5)18-17(34-36(31,32)23(24,25)26)9-7-15-16(27-33-19(15)18)8-6-14-10-12-28(13-11-14)21(29)30/h7,9,14,20,37H,6,8,10-13H2,1-5H3,(H,29,30). The number of amides is 1. The van der Waals surface area contributed by atoms with Crippen LogP contribution in [0.1, 0.15) is 57.4 Å². The van der Waals surface area contributed by atoms with E-state index < -0.39 is 48.0 Å². The van der Waals surface area contributed by atoms with E-state index in [0.29, 0.717) is 36.5 Å². The molecule has 0 spiro atoms. The fourth-order valence-electron chi connectivity index (χ4n) is 4.45. The third kappa shape index (κ3) is 6.76. The van der Waals surface area contributed by atoms with Crippen LogP contribution < -0.4 is 4.18 Å². The lowest BCUT2D eigenvalue weighted by Crippen LogP contribution is -2.37. The summed E-state index contributed by atoms with van der Waals surface area (Å²) in [5.41, 5.74) is -5.46. The summed E-state index contributed by atoms with van der Waals surface area (Å²) in [5.74, 6) is -0.220. The number of benzene rings is 1. The van der Waals surface area contributed by atoms with E-state index in [4.69, 9.17) is 14.1 Å². The van der Waals surface area contributed by atoms with Crippen molar-refractivity contribution < 1.29 is 44.6 Å². The molecule has 0 aliphatic carbocycles. The van der Waals surface area contributed by atoms with Gasteiger partial charge in [-0.05, 0) is 62.2 Å². The fourth-order valence-corrected chi connectivity index (χ4v) is 6.02. The molecule has 1 fully saturated rings. The lowest BCUT2D eigenvalue weighted by atomic mass is 9.83. The number of piperidine rings is 1. The Morgan fingerprint density at radius 2 is 1.86 bits per heavy atom. The Labute approximate surface area is 215 Å². The Morgan fingerprint density at radius 3 is 2.38 bits per heavy atom. The summed E-state index contributed by atoms with van der Waals surface area (Å²) in [6.45, 7) is 10.2. The van der Waals surface area contributed by atoms with Crippen molar-refractivity contribution >= 4 is 36.2 Å². The van der Waals surface area contributed by atoms with Gasteiger partial charge in [-0.1, -0.05) is 25.9 Å². The molecule has 1 amide bonds. The number of carboxylic acid groups (broad SMARTS) is 1. The van der Waals surface area contributed by atoms with Crippen molar-refractivity contribution in [2.24, 2.45) is 11.3 Å². The molecule has 3 rings (SSSR count). The SMILES string of the molecule is C[SiH](C)OC(c1c(OS(=O)(=O)C(F)(F)F)ccc2c(CCC3CCN(C(=O)O)CC3)noc12)C(C)(C)C. The molecule has 0 radical (unpaired) electrons. The highest BCUT2D eigenvalue weighted by Crippen LogP contribution is 2.46. The molecule has 14 heteroatoms. The maximum absolute atomic E-state index is 13.2. The number of rotatable bonds is 8. The zero-order valence-electron chi connectivity index (χ0n) is 21.5. The lowest BCUT2D eigenvalue weighted by Gasteiger charge is -2.33. The molecule has 1 aromatic carbocycles. The number of carbonyl (C=O) groups is 1. The minimum Gasteiger partial charge on any atom is -0.465 e. The number of likely N-dealkylation sites (tertiary alicyclic amines) is 1. The smallest absolute Gasteiger partial charge is 0.465 e. The van der Waals surface area contributed by atoms with Gasteiger partial charge < -0.3 is 23.1 Å². The Bertz CT molecular complexity index is 1220. The number of halogens is 3. The van der Waals surface area contributed by atoms with Gasteiger partial charge in [0, 0.05) is 18.5 Å². The largest absolute Gasteiger partial charge is 0.534 e. The summed E-state index contributed by atoms with van der Waals surface area (Å²) in [4.78, 5) is 12.5. The highest BCUT2D eigenvalue weighted by molar-refractivity contribution is 7.88. The normalized spacial score (nSPS) is 16.9. The molecule has 1 saturated heterocycles. The summed E-state index contributed by atoms with van der Waals surface area (Å²) < 4.78 is 79.6. The van der Waals surface area contributed by atoms with E-state index in [0.717, 1.165) is 19.3 Å². The van der Waals surface area contributed by atoms with E-state index >= 15 is 0 Å². The minimum atomic E-state index is -5.93. The molecule has 1 aromatic heterocycles. The number of aromatic nitrogens is 1. The number of hydrogen-bond acceptors (Lipinski definition) is 7. The summed E-state index contributed by atoms with van der Waals surface area (Å²) in [6, 6.07) is 2.64. The van der Waals surface area contributed by atoms with Crippen molar-refractivity contribution in [2.75, 3.05) is 13.1 Å². The van der Waals surface area contributed by atoms with E-state index in [-0.39, 0.29) is 11.1 Å². The van der Waals surface area contributed by atoms with Crippen LogP contribution in [0.25, 0.3) is 11.0 Å². The van der Waals surface area contributed by atoms with Gasteiger partial charge in [0.15, 0.2) is 20.4 Å². The van der Waals surface area contributed by atoms with Crippen LogP contribution in [-0.4, -0.2) is 57.3 Å². The maximum atomic E-state index is 13.2. The van der Waals surface area contributed by atoms with E-state index in [9.17, 15) is 26.4 Å². The highest BCUT2D eigenvalue weighted by Gasteiger charge is 2.49. The van der Waals surface area contributed by atoms with Crippen molar-refractivity contribution in [3.05, 3.63) is 23.4 Å². The van der Waals surface area contributed by atoms with Crippen LogP contribution in [0.2, 0.25) is 13.1 Å². The van der Waals surface area contributed by atoms with Crippen LogP contribution in [0.3, 0.4) is 0 Å². The fraction of sp³-hybridized carbons (Fsp3) is 0.652. The average molecular weight is 567 g/mol. The van der Waals surface area contributed by atoms with Crippen LogP contribution >= 0.6 is 0 Å². The van der Waals surface area contributed by atoms with Crippen LogP contribution in [0.5, 0.6) is 5.75 Å². The molecule has 1 aliphatic heterocycles. The van der Waals surface area contributed by atoms with Gasteiger partial charge in [-0.25, -0.2) is 4.79 Å². The van der Waals surface area contributed by atoms with E-state index in [1.165, 1.54) is 17.0 Å². The lowest BCUT2D eigenvalue weighted by molar-refractivity contribution is -0.0501. The first kappa shape index (κ1) is 29.2. The molecule has 9 nitrogen and oxygen atoms in total. The maximum Gasteiger partial charge on any atom is 0.534 e. The zero-order valence-corrected chi connectivity index (χ0v) is 23.4. The van der Waals surface area contributed by atoms with Crippen LogP contribution in [-0.2, 0) is 21.0 Å². The van der Waals surface area contributed by atoms with Crippen molar-refractivity contribution in [3.8, 4) is 5.75 Å². The predicted molar refractivity (Wildman–Crippen MR) is 132 cm³/mol. The average Bonchev–Trinajstić information content (AvgIpc) is 3.17. The molecule has 1 N–H and O–H groups in total. The topological polar surface area (TPSA) is 119 Å². The van der Waals surface area contributed by atoms with Crippen LogP contribution in [0, 0.1) is 11.3 Å². The van der Waals surface area contributed by atoms with Crippen molar-refractivity contribution in [2.45, 2.75) is 71.2 Å². The number of fused-ring (bicyclic) bond motifs is 1. The predicted octanol–water partition coefficient (Wildman–Crippen LogP) is 5.47. The van der Waals surface area contributed by atoms with Gasteiger partial charge in [0.05, 0.1) is 17.4 Å². The third-order valence-electron chi connectivity index (χ3n) is 6.33. The van der Waals surface area contributed by atoms with Gasteiger partial charge in [0.25, 0.3) is 0 Å². The number of hydrogen-bond donors (Lipinski definition) is 1. The second kappa shape index (κ2) is 10.8. The molecule has 1 aliphatic rings. The molecular formula is C23H33F3N2O7SSi. The Hall–Kier alpha value is -2.32.